The van der Waals surface area contributed by atoms with Crippen molar-refractivity contribution in [3.8, 4) is 0 Å². The van der Waals surface area contributed by atoms with Crippen LogP contribution in [0.3, 0.4) is 0 Å². The van der Waals surface area contributed by atoms with E-state index < -0.39 is 42.3 Å². The molecule has 0 aromatic carbocycles. The van der Waals surface area contributed by atoms with Crippen LogP contribution in [0.15, 0.2) is 36.0 Å². The lowest BCUT2D eigenvalue weighted by atomic mass is 9.84. The molecule has 33 heavy (non-hydrogen) atoms. The minimum atomic E-state index is -1.38. The van der Waals surface area contributed by atoms with Gasteiger partial charge in [0.05, 0.1) is 11.7 Å². The van der Waals surface area contributed by atoms with E-state index in [1.165, 1.54) is 0 Å². The predicted octanol–water partition coefficient (Wildman–Crippen LogP) is 3.63. The number of hydrogen-bond donors (Lipinski definition) is 2. The summed E-state index contributed by atoms with van der Waals surface area (Å²) in [7, 11) is 0. The van der Waals surface area contributed by atoms with E-state index in [2.05, 4.69) is 26.5 Å². The van der Waals surface area contributed by atoms with Gasteiger partial charge in [0.15, 0.2) is 18.2 Å². The van der Waals surface area contributed by atoms with Gasteiger partial charge < -0.3 is 24.4 Å². The van der Waals surface area contributed by atoms with Crippen LogP contribution in [0.1, 0.15) is 67.2 Å². The minimum absolute atomic E-state index is 0.00250. The second-order valence-electron chi connectivity index (χ2n) is 9.80. The average Bonchev–Trinajstić information content (AvgIpc) is 2.77. The fourth-order valence-electron chi connectivity index (χ4n) is 4.00. The molecule has 1 heterocycles. The number of esters is 1. The van der Waals surface area contributed by atoms with Crippen LogP contribution < -0.4 is 0 Å². The van der Waals surface area contributed by atoms with E-state index in [1.807, 2.05) is 13.0 Å². The molecular weight excluding hydrogens is 424 g/mol. The van der Waals surface area contributed by atoms with Crippen molar-refractivity contribution in [2.75, 3.05) is 0 Å². The van der Waals surface area contributed by atoms with Gasteiger partial charge in [-0.25, -0.2) is 4.79 Å². The molecule has 1 saturated heterocycles. The Hall–Kier alpha value is -1.80. The molecule has 0 aromatic rings. The molecule has 7 atom stereocenters. The molecule has 2 rings (SSSR count). The third-order valence-corrected chi connectivity index (χ3v) is 6.74. The Labute approximate surface area is 197 Å². The standard InChI is InChI=1S/C26H40O7/c1-8-16(4)24(30)32-23-22(29)21(28)18(6)31-25(23)33-26(7)13-11-19(15(2)3)10-9-17(5)20(27)12-14-26/h8,11,13,15,18-19,21-23,25,28-29H,5,9-10,12,14H2,1-4,6-7H3. The molecule has 0 amide bonds. The molecule has 1 aliphatic heterocycles. The molecule has 2 N–H and O–H groups in total. The van der Waals surface area contributed by atoms with Crippen LogP contribution in [0, 0.1) is 11.8 Å². The van der Waals surface area contributed by atoms with E-state index in [9.17, 15) is 19.8 Å². The Morgan fingerprint density at radius 1 is 1.30 bits per heavy atom. The Bertz CT molecular complexity index is 784. The lowest BCUT2D eigenvalue weighted by Crippen LogP contribution is -2.60. The van der Waals surface area contributed by atoms with E-state index in [4.69, 9.17) is 14.2 Å². The SMILES string of the molecule is C=C1CCC(C(C)C)C=CC(C)(OC2OC(C)C(O)C(O)C2OC(=O)C(C)=CC)CCC1=O. The van der Waals surface area contributed by atoms with Crippen LogP contribution in [-0.2, 0) is 23.8 Å². The smallest absolute Gasteiger partial charge is 0.333 e. The zero-order chi connectivity index (χ0) is 24.9. The van der Waals surface area contributed by atoms with Crippen molar-refractivity contribution in [1.29, 1.82) is 0 Å². The molecule has 0 aromatic heterocycles. The second kappa shape index (κ2) is 11.6. The van der Waals surface area contributed by atoms with Gasteiger partial charge in [-0.15, -0.1) is 0 Å². The number of ether oxygens (including phenoxy) is 3. The molecule has 7 nitrogen and oxygen atoms in total. The van der Waals surface area contributed by atoms with Crippen LogP contribution in [-0.4, -0.2) is 58.3 Å². The number of hydrogen-bond acceptors (Lipinski definition) is 7. The molecule has 186 valence electrons. The number of Topliss-reactive ketones (excluding diaryl/α,β-unsaturated/α-hetero) is 1. The predicted molar refractivity (Wildman–Crippen MR) is 125 cm³/mol. The zero-order valence-corrected chi connectivity index (χ0v) is 20.7. The molecule has 0 spiro atoms. The fourth-order valence-corrected chi connectivity index (χ4v) is 4.00. The van der Waals surface area contributed by atoms with Crippen LogP contribution >= 0.6 is 0 Å². The second-order valence-corrected chi connectivity index (χ2v) is 9.80. The Balaban J connectivity index is 2.35. The lowest BCUT2D eigenvalue weighted by Gasteiger charge is -2.44. The molecular formula is C26H40O7. The van der Waals surface area contributed by atoms with Gasteiger partial charge >= 0.3 is 5.97 Å². The molecule has 7 heteroatoms. The van der Waals surface area contributed by atoms with E-state index in [0.29, 0.717) is 29.9 Å². The summed E-state index contributed by atoms with van der Waals surface area (Å²) >= 11 is 0. The Kier molecular flexibility index (Phi) is 9.61. The van der Waals surface area contributed by atoms with Gasteiger partial charge in [-0.1, -0.05) is 38.7 Å². The van der Waals surface area contributed by atoms with Crippen LogP contribution in [0.5, 0.6) is 0 Å². The highest BCUT2D eigenvalue weighted by atomic mass is 16.7. The molecule has 0 radical (unpaired) electrons. The lowest BCUT2D eigenvalue weighted by molar-refractivity contribution is -0.315. The van der Waals surface area contributed by atoms with Gasteiger partial charge in [-0.2, -0.15) is 0 Å². The van der Waals surface area contributed by atoms with Crippen molar-refractivity contribution in [3.63, 3.8) is 0 Å². The number of rotatable bonds is 5. The van der Waals surface area contributed by atoms with Crippen molar-refractivity contribution in [1.82, 2.24) is 0 Å². The van der Waals surface area contributed by atoms with Gasteiger partial charge in [0, 0.05) is 12.0 Å². The summed E-state index contributed by atoms with van der Waals surface area (Å²) in [4.78, 5) is 25.0. The van der Waals surface area contributed by atoms with Gasteiger partial charge in [-0.3, -0.25) is 4.79 Å². The van der Waals surface area contributed by atoms with E-state index >= 15 is 0 Å². The number of carbonyl (C=O) groups is 2. The molecule has 1 aliphatic carbocycles. The fraction of sp³-hybridized carbons (Fsp3) is 0.692. The van der Waals surface area contributed by atoms with Crippen molar-refractivity contribution in [2.45, 2.75) is 104 Å². The average molecular weight is 465 g/mol. The van der Waals surface area contributed by atoms with Crippen LogP contribution in [0.4, 0.5) is 0 Å². The van der Waals surface area contributed by atoms with Crippen molar-refractivity contribution in [3.05, 3.63) is 36.0 Å². The molecule has 1 fully saturated rings. The third-order valence-electron chi connectivity index (χ3n) is 6.74. The summed E-state index contributed by atoms with van der Waals surface area (Å²) in [5.41, 5.74) is 0.0587. The van der Waals surface area contributed by atoms with Gasteiger partial charge in [-0.05, 0) is 64.4 Å². The maximum Gasteiger partial charge on any atom is 0.333 e. The van der Waals surface area contributed by atoms with Gasteiger partial charge in [0.25, 0.3) is 0 Å². The molecule has 7 unspecified atom stereocenters. The van der Waals surface area contributed by atoms with Crippen LogP contribution in [0.2, 0.25) is 0 Å². The quantitative estimate of drug-likeness (QED) is 0.364. The molecule has 0 saturated carbocycles. The Morgan fingerprint density at radius 3 is 2.58 bits per heavy atom. The highest BCUT2D eigenvalue weighted by molar-refractivity contribution is 5.94. The summed E-state index contributed by atoms with van der Waals surface area (Å²) in [5, 5.41) is 21.0. The minimum Gasteiger partial charge on any atom is -0.451 e. The zero-order valence-electron chi connectivity index (χ0n) is 20.7. The van der Waals surface area contributed by atoms with E-state index in [-0.39, 0.29) is 18.1 Å². The maximum atomic E-state index is 12.6. The third kappa shape index (κ3) is 7.09. The topological polar surface area (TPSA) is 102 Å². The number of ketones is 1. The summed E-state index contributed by atoms with van der Waals surface area (Å²) in [6.45, 7) is 15.0. The first-order valence-electron chi connectivity index (χ1n) is 11.8. The normalized spacial score (nSPS) is 36.7. The summed E-state index contributed by atoms with van der Waals surface area (Å²) in [6.07, 6.45) is 2.04. The molecule has 0 bridgehead atoms. The summed E-state index contributed by atoms with van der Waals surface area (Å²) in [6, 6.07) is 0. The number of carbonyl (C=O) groups excluding carboxylic acids is 2. The maximum absolute atomic E-state index is 12.6. The van der Waals surface area contributed by atoms with E-state index in [1.54, 1.807) is 26.8 Å². The van der Waals surface area contributed by atoms with Gasteiger partial charge in [0.2, 0.25) is 0 Å². The van der Waals surface area contributed by atoms with E-state index in [0.717, 1.165) is 6.42 Å². The van der Waals surface area contributed by atoms with Crippen LogP contribution in [0.25, 0.3) is 0 Å². The number of aliphatic hydroxyl groups is 2. The highest BCUT2D eigenvalue weighted by Crippen LogP contribution is 2.33. The largest absolute Gasteiger partial charge is 0.451 e. The van der Waals surface area contributed by atoms with Gasteiger partial charge in [0.1, 0.15) is 12.2 Å². The van der Waals surface area contributed by atoms with Crippen molar-refractivity contribution >= 4 is 11.8 Å². The van der Waals surface area contributed by atoms with Crippen molar-refractivity contribution < 1.29 is 34.0 Å². The number of allylic oxidation sites excluding steroid dienone is 3. The molecule has 2 aliphatic rings. The number of aliphatic hydroxyl groups excluding tert-OH is 2. The summed E-state index contributed by atoms with van der Waals surface area (Å²) < 4.78 is 17.7. The first-order chi connectivity index (χ1) is 15.4. The highest BCUT2D eigenvalue weighted by Gasteiger charge is 2.48. The summed E-state index contributed by atoms with van der Waals surface area (Å²) in [5.74, 6) is -0.0189. The first-order valence-corrected chi connectivity index (χ1v) is 11.8. The Morgan fingerprint density at radius 2 is 1.97 bits per heavy atom. The van der Waals surface area contributed by atoms with Crippen molar-refractivity contribution in [2.24, 2.45) is 11.8 Å². The first kappa shape index (κ1) is 27.4. The monoisotopic (exact) mass is 464 g/mol.